The van der Waals surface area contributed by atoms with E-state index in [1.807, 2.05) is 12.1 Å². The highest BCUT2D eigenvalue weighted by Gasteiger charge is 2.47. The molecule has 96 valence electrons. The van der Waals surface area contributed by atoms with Crippen LogP contribution in [-0.4, -0.2) is 5.91 Å². The van der Waals surface area contributed by atoms with Gasteiger partial charge in [0.05, 0.1) is 0 Å². The second kappa shape index (κ2) is 4.75. The van der Waals surface area contributed by atoms with Crippen molar-refractivity contribution in [2.75, 3.05) is 5.32 Å². The van der Waals surface area contributed by atoms with Crippen LogP contribution >= 0.6 is 0 Å². The zero-order valence-electron chi connectivity index (χ0n) is 11.0. The van der Waals surface area contributed by atoms with Crippen LogP contribution < -0.4 is 5.32 Å². The normalized spacial score (nSPS) is 28.8. The highest BCUT2D eigenvalue weighted by atomic mass is 16.1. The summed E-state index contributed by atoms with van der Waals surface area (Å²) < 4.78 is 0. The van der Waals surface area contributed by atoms with Gasteiger partial charge in [0.25, 0.3) is 0 Å². The number of rotatable bonds is 4. The van der Waals surface area contributed by atoms with Crippen LogP contribution in [0, 0.1) is 17.8 Å². The lowest BCUT2D eigenvalue weighted by atomic mass is 10.0. The van der Waals surface area contributed by atoms with Crippen LogP contribution in [-0.2, 0) is 11.2 Å². The van der Waals surface area contributed by atoms with E-state index in [0.717, 1.165) is 43.2 Å². The van der Waals surface area contributed by atoms with Crippen molar-refractivity contribution >= 4 is 11.6 Å². The first-order chi connectivity index (χ1) is 8.76. The van der Waals surface area contributed by atoms with E-state index < -0.39 is 0 Å². The summed E-state index contributed by atoms with van der Waals surface area (Å²) in [6, 6.07) is 8.29. The molecule has 0 saturated heterocycles. The van der Waals surface area contributed by atoms with E-state index in [1.165, 1.54) is 12.0 Å². The first-order valence-electron chi connectivity index (χ1n) is 7.16. The van der Waals surface area contributed by atoms with Gasteiger partial charge in [-0.05, 0) is 55.2 Å². The summed E-state index contributed by atoms with van der Waals surface area (Å²) in [5, 5.41) is 3.06. The summed E-state index contributed by atoms with van der Waals surface area (Å²) in [4.78, 5) is 12.1. The van der Waals surface area contributed by atoms with Gasteiger partial charge in [0, 0.05) is 11.6 Å². The van der Waals surface area contributed by atoms with Gasteiger partial charge in [0.15, 0.2) is 0 Å². The van der Waals surface area contributed by atoms with Crippen molar-refractivity contribution in [1.82, 2.24) is 0 Å². The Morgan fingerprint density at radius 2 is 1.83 bits per heavy atom. The number of amides is 1. The molecule has 0 radical (unpaired) electrons. The van der Waals surface area contributed by atoms with E-state index in [9.17, 15) is 4.79 Å². The van der Waals surface area contributed by atoms with E-state index in [4.69, 9.17) is 0 Å². The highest BCUT2D eigenvalue weighted by molar-refractivity contribution is 5.92. The smallest absolute Gasteiger partial charge is 0.227 e. The zero-order chi connectivity index (χ0) is 12.5. The van der Waals surface area contributed by atoms with Crippen molar-refractivity contribution in [3.05, 3.63) is 29.8 Å². The van der Waals surface area contributed by atoms with Gasteiger partial charge in [-0.3, -0.25) is 4.79 Å². The van der Waals surface area contributed by atoms with Gasteiger partial charge in [0.2, 0.25) is 5.91 Å². The van der Waals surface area contributed by atoms with Crippen molar-refractivity contribution in [3.63, 3.8) is 0 Å². The van der Waals surface area contributed by atoms with Crippen molar-refractivity contribution in [2.24, 2.45) is 17.8 Å². The standard InChI is InChI=1S/C16H21NO/c1-2-3-11-4-6-15(7-5-11)17-16(18)14-9-12-8-13(12)10-14/h4-7,12-14H,2-3,8-10H2,1H3,(H,17,18). The number of anilines is 1. The molecular formula is C16H21NO. The minimum atomic E-state index is 0.227. The Morgan fingerprint density at radius 3 is 2.44 bits per heavy atom. The van der Waals surface area contributed by atoms with Crippen LogP contribution in [0.2, 0.25) is 0 Å². The number of carbonyl (C=O) groups is 1. The Balaban J connectivity index is 1.56. The number of aryl methyl sites for hydroxylation is 1. The molecule has 0 heterocycles. The topological polar surface area (TPSA) is 29.1 Å². The van der Waals surface area contributed by atoms with Crippen molar-refractivity contribution in [2.45, 2.75) is 39.0 Å². The van der Waals surface area contributed by atoms with E-state index in [-0.39, 0.29) is 11.8 Å². The lowest BCUT2D eigenvalue weighted by Gasteiger charge is -2.12. The molecule has 2 saturated carbocycles. The minimum Gasteiger partial charge on any atom is -0.326 e. The predicted octanol–water partition coefficient (Wildman–Crippen LogP) is 3.62. The molecule has 0 aromatic heterocycles. The molecule has 0 spiro atoms. The molecule has 1 N–H and O–H groups in total. The first-order valence-corrected chi connectivity index (χ1v) is 7.16. The number of fused-ring (bicyclic) bond motifs is 1. The van der Waals surface area contributed by atoms with Crippen LogP contribution in [0.1, 0.15) is 38.2 Å². The van der Waals surface area contributed by atoms with Crippen molar-refractivity contribution in [1.29, 1.82) is 0 Å². The van der Waals surface area contributed by atoms with Crippen LogP contribution in [0.5, 0.6) is 0 Å². The van der Waals surface area contributed by atoms with Crippen LogP contribution in [0.25, 0.3) is 0 Å². The molecule has 1 aromatic carbocycles. The van der Waals surface area contributed by atoms with E-state index in [0.29, 0.717) is 0 Å². The maximum Gasteiger partial charge on any atom is 0.227 e. The Labute approximate surface area is 109 Å². The van der Waals surface area contributed by atoms with Gasteiger partial charge in [0.1, 0.15) is 0 Å². The van der Waals surface area contributed by atoms with Crippen molar-refractivity contribution < 1.29 is 4.79 Å². The predicted molar refractivity (Wildman–Crippen MR) is 73.4 cm³/mol. The number of carbonyl (C=O) groups excluding carboxylic acids is 1. The fourth-order valence-electron chi connectivity index (χ4n) is 3.22. The Kier molecular flexibility index (Phi) is 3.11. The maximum absolute atomic E-state index is 12.1. The molecular weight excluding hydrogens is 222 g/mol. The van der Waals surface area contributed by atoms with Gasteiger partial charge < -0.3 is 5.32 Å². The minimum absolute atomic E-state index is 0.227. The number of benzene rings is 1. The summed E-state index contributed by atoms with van der Waals surface area (Å²) in [6.45, 7) is 2.18. The molecule has 2 atom stereocenters. The lowest BCUT2D eigenvalue weighted by molar-refractivity contribution is -0.120. The molecule has 2 unspecified atom stereocenters. The number of nitrogens with one attached hydrogen (secondary N) is 1. The van der Waals surface area contributed by atoms with Crippen LogP contribution in [0.15, 0.2) is 24.3 Å². The molecule has 2 aliphatic carbocycles. The average molecular weight is 243 g/mol. The molecule has 0 aliphatic heterocycles. The third kappa shape index (κ3) is 2.43. The molecule has 3 rings (SSSR count). The zero-order valence-corrected chi connectivity index (χ0v) is 11.0. The number of hydrogen-bond acceptors (Lipinski definition) is 1. The lowest BCUT2D eigenvalue weighted by Crippen LogP contribution is -2.21. The summed E-state index contributed by atoms with van der Waals surface area (Å²) in [5.41, 5.74) is 2.29. The third-order valence-electron chi connectivity index (χ3n) is 4.37. The quantitative estimate of drug-likeness (QED) is 0.859. The largest absolute Gasteiger partial charge is 0.326 e. The molecule has 18 heavy (non-hydrogen) atoms. The molecule has 1 amide bonds. The molecule has 2 aliphatic rings. The average Bonchev–Trinajstić information content (AvgIpc) is 2.99. The summed E-state index contributed by atoms with van der Waals surface area (Å²) in [6.07, 6.45) is 5.88. The van der Waals surface area contributed by atoms with E-state index in [2.05, 4.69) is 24.4 Å². The Hall–Kier alpha value is -1.31. The highest BCUT2D eigenvalue weighted by Crippen LogP contribution is 2.54. The fourth-order valence-corrected chi connectivity index (χ4v) is 3.22. The maximum atomic E-state index is 12.1. The summed E-state index contributed by atoms with van der Waals surface area (Å²) >= 11 is 0. The molecule has 2 heteroatoms. The van der Waals surface area contributed by atoms with Gasteiger partial charge in [-0.25, -0.2) is 0 Å². The van der Waals surface area contributed by atoms with E-state index in [1.54, 1.807) is 0 Å². The number of hydrogen-bond donors (Lipinski definition) is 1. The SMILES string of the molecule is CCCc1ccc(NC(=O)C2CC3CC3C2)cc1. The Bertz CT molecular complexity index is 427. The Morgan fingerprint density at radius 1 is 1.17 bits per heavy atom. The summed E-state index contributed by atoms with van der Waals surface area (Å²) in [5.74, 6) is 2.23. The van der Waals surface area contributed by atoms with Crippen LogP contribution in [0.4, 0.5) is 5.69 Å². The van der Waals surface area contributed by atoms with E-state index >= 15 is 0 Å². The van der Waals surface area contributed by atoms with Crippen LogP contribution in [0.3, 0.4) is 0 Å². The third-order valence-corrected chi connectivity index (χ3v) is 4.37. The molecule has 0 bridgehead atoms. The second-order valence-electron chi connectivity index (χ2n) is 5.86. The van der Waals surface area contributed by atoms with Gasteiger partial charge >= 0.3 is 0 Å². The van der Waals surface area contributed by atoms with Crippen molar-refractivity contribution in [3.8, 4) is 0 Å². The fraction of sp³-hybridized carbons (Fsp3) is 0.562. The monoisotopic (exact) mass is 243 g/mol. The second-order valence-corrected chi connectivity index (χ2v) is 5.86. The van der Waals surface area contributed by atoms with Gasteiger partial charge in [-0.2, -0.15) is 0 Å². The molecule has 2 nitrogen and oxygen atoms in total. The van der Waals surface area contributed by atoms with Gasteiger partial charge in [-0.1, -0.05) is 25.5 Å². The first kappa shape index (κ1) is 11.8. The van der Waals surface area contributed by atoms with Gasteiger partial charge in [-0.15, -0.1) is 0 Å². The molecule has 2 fully saturated rings. The molecule has 1 aromatic rings. The summed E-state index contributed by atoms with van der Waals surface area (Å²) in [7, 11) is 0.